The number of rotatable bonds is 5. The van der Waals surface area contributed by atoms with E-state index < -0.39 is 0 Å². The van der Waals surface area contributed by atoms with Crippen LogP contribution in [0.2, 0.25) is 0 Å². The zero-order valence-corrected chi connectivity index (χ0v) is 19.0. The van der Waals surface area contributed by atoms with Gasteiger partial charge in [-0.1, -0.05) is 17.7 Å². The predicted molar refractivity (Wildman–Crippen MR) is 121 cm³/mol. The highest BCUT2D eigenvalue weighted by Crippen LogP contribution is 2.19. The largest absolute Gasteiger partial charge is 0.444 e. The van der Waals surface area contributed by atoms with Gasteiger partial charge < -0.3 is 15.1 Å². The minimum absolute atomic E-state index is 0. The normalized spacial score (nSPS) is 11.2. The number of nitrogens with one attached hydrogen (secondary N) is 2. The van der Waals surface area contributed by atoms with Gasteiger partial charge in [-0.05, 0) is 32.9 Å². The van der Waals surface area contributed by atoms with Crippen molar-refractivity contribution >= 4 is 41.3 Å². The van der Waals surface area contributed by atoms with Crippen LogP contribution in [0.15, 0.2) is 39.9 Å². The van der Waals surface area contributed by atoms with Gasteiger partial charge in [0.2, 0.25) is 5.89 Å². The number of aromatic nitrogens is 2. The third-order valence-electron chi connectivity index (χ3n) is 3.99. The van der Waals surface area contributed by atoms with Crippen LogP contribution in [-0.2, 0) is 13.1 Å². The molecule has 0 fully saturated rings. The first-order valence-electron chi connectivity index (χ1n) is 8.44. The van der Waals surface area contributed by atoms with Crippen molar-refractivity contribution in [3.63, 3.8) is 0 Å². The van der Waals surface area contributed by atoms with Gasteiger partial charge in [0.25, 0.3) is 0 Å². The van der Waals surface area contributed by atoms with Crippen molar-refractivity contribution in [2.75, 3.05) is 7.05 Å². The minimum Gasteiger partial charge on any atom is -0.444 e. The molecule has 6 nitrogen and oxygen atoms in total. The first-order chi connectivity index (χ1) is 12.5. The second-order valence-corrected chi connectivity index (χ2v) is 7.33. The summed E-state index contributed by atoms with van der Waals surface area (Å²) in [5.74, 6) is 1.33. The number of thiazole rings is 1. The molecule has 0 unspecified atom stereocenters. The lowest BCUT2D eigenvalue weighted by molar-refractivity contribution is 0.572. The van der Waals surface area contributed by atoms with Crippen LogP contribution < -0.4 is 10.6 Å². The van der Waals surface area contributed by atoms with Crippen LogP contribution >= 0.6 is 35.3 Å². The van der Waals surface area contributed by atoms with E-state index >= 15 is 0 Å². The van der Waals surface area contributed by atoms with Crippen molar-refractivity contribution in [3.8, 4) is 11.5 Å². The van der Waals surface area contributed by atoms with Gasteiger partial charge in [-0.2, -0.15) is 0 Å². The minimum atomic E-state index is 0. The Morgan fingerprint density at radius 2 is 1.78 bits per heavy atom. The average Bonchev–Trinajstić information content (AvgIpc) is 3.23. The van der Waals surface area contributed by atoms with Crippen LogP contribution in [0.25, 0.3) is 11.5 Å². The van der Waals surface area contributed by atoms with Gasteiger partial charge in [0, 0.05) is 17.5 Å². The maximum atomic E-state index is 5.58. The van der Waals surface area contributed by atoms with E-state index in [1.807, 2.05) is 31.2 Å². The van der Waals surface area contributed by atoms with Crippen molar-refractivity contribution in [1.82, 2.24) is 20.6 Å². The Morgan fingerprint density at radius 3 is 2.41 bits per heavy atom. The second-order valence-electron chi connectivity index (χ2n) is 6.04. The van der Waals surface area contributed by atoms with Crippen LogP contribution in [0.1, 0.15) is 26.8 Å². The Labute approximate surface area is 180 Å². The lowest BCUT2D eigenvalue weighted by Gasteiger charge is -2.09. The topological polar surface area (TPSA) is 75.3 Å². The molecule has 2 N–H and O–H groups in total. The molecular weight excluding hydrogens is 473 g/mol. The van der Waals surface area contributed by atoms with Gasteiger partial charge in [-0.25, -0.2) is 9.97 Å². The molecule has 1 aromatic carbocycles. The lowest BCUT2D eigenvalue weighted by Crippen LogP contribution is -2.36. The van der Waals surface area contributed by atoms with E-state index in [2.05, 4.69) is 39.4 Å². The molecule has 0 radical (unpaired) electrons. The van der Waals surface area contributed by atoms with Crippen molar-refractivity contribution < 1.29 is 4.42 Å². The van der Waals surface area contributed by atoms with Crippen molar-refractivity contribution in [2.24, 2.45) is 4.99 Å². The fraction of sp³-hybridized carbons (Fsp3) is 0.316. The Balaban J connectivity index is 0.00000261. The van der Waals surface area contributed by atoms with Gasteiger partial charge in [-0.3, -0.25) is 4.99 Å². The van der Waals surface area contributed by atoms with E-state index in [0.29, 0.717) is 24.9 Å². The smallest absolute Gasteiger partial charge is 0.226 e. The highest BCUT2D eigenvalue weighted by molar-refractivity contribution is 14.0. The van der Waals surface area contributed by atoms with Crippen molar-refractivity contribution in [2.45, 2.75) is 33.9 Å². The quantitative estimate of drug-likeness (QED) is 0.314. The Morgan fingerprint density at radius 1 is 1.07 bits per heavy atom. The zero-order chi connectivity index (χ0) is 18.5. The Kier molecular flexibility index (Phi) is 7.78. The summed E-state index contributed by atoms with van der Waals surface area (Å²) in [4.78, 5) is 14.5. The molecule has 0 aliphatic carbocycles. The number of oxazole rings is 1. The molecule has 0 atom stereocenters. The molecule has 0 saturated heterocycles. The molecule has 0 amide bonds. The number of aryl methyl sites for hydroxylation is 3. The molecule has 27 heavy (non-hydrogen) atoms. The third-order valence-corrected chi connectivity index (χ3v) is 5.06. The zero-order valence-electron chi connectivity index (χ0n) is 15.9. The third kappa shape index (κ3) is 5.77. The second kappa shape index (κ2) is 9.84. The highest BCUT2D eigenvalue weighted by Gasteiger charge is 2.08. The summed E-state index contributed by atoms with van der Waals surface area (Å²) in [7, 11) is 1.74. The van der Waals surface area contributed by atoms with Crippen molar-refractivity contribution in [1.29, 1.82) is 0 Å². The fourth-order valence-electron chi connectivity index (χ4n) is 2.39. The SMILES string of the molecule is CN=C(NCc1coc(-c2ccc(C)cc2)n1)NCc1nc(C)c(C)s1.I. The van der Waals surface area contributed by atoms with Crippen LogP contribution in [-0.4, -0.2) is 23.0 Å². The Hall–Kier alpha value is -1.94. The molecule has 3 rings (SSSR count). The summed E-state index contributed by atoms with van der Waals surface area (Å²) >= 11 is 1.70. The number of guanidine groups is 1. The molecule has 2 heterocycles. The maximum absolute atomic E-state index is 5.58. The first-order valence-corrected chi connectivity index (χ1v) is 9.25. The molecule has 144 valence electrons. The number of aliphatic imine (C=N–C) groups is 1. The molecule has 2 aromatic heterocycles. The van der Waals surface area contributed by atoms with E-state index in [0.717, 1.165) is 22.0 Å². The first kappa shape index (κ1) is 21.4. The monoisotopic (exact) mass is 497 g/mol. The van der Waals surface area contributed by atoms with Gasteiger partial charge >= 0.3 is 0 Å². The lowest BCUT2D eigenvalue weighted by atomic mass is 10.1. The predicted octanol–water partition coefficient (Wildman–Crippen LogP) is 4.21. The molecule has 8 heteroatoms. The standard InChI is InChI=1S/C19H23N5OS.HI/c1-12-5-7-15(8-6-12)18-24-16(11-25-18)9-21-19(20-4)22-10-17-23-13(2)14(3)26-17;/h5-8,11H,9-10H2,1-4H3,(H2,20,21,22);1H. The number of nitrogens with zero attached hydrogens (tertiary/aromatic N) is 3. The Bertz CT molecular complexity index is 882. The number of halogens is 1. The van der Waals surface area contributed by atoms with Gasteiger partial charge in [-0.15, -0.1) is 35.3 Å². The van der Waals surface area contributed by atoms with E-state index in [1.165, 1.54) is 10.4 Å². The summed E-state index contributed by atoms with van der Waals surface area (Å²) in [6.45, 7) is 7.34. The molecular formula is C19H24IN5OS. The van der Waals surface area contributed by atoms with E-state index in [1.54, 1.807) is 24.6 Å². The van der Waals surface area contributed by atoms with E-state index in [-0.39, 0.29) is 24.0 Å². The van der Waals surface area contributed by atoms with E-state index in [4.69, 9.17) is 4.42 Å². The van der Waals surface area contributed by atoms with Gasteiger partial charge in [0.15, 0.2) is 5.96 Å². The van der Waals surface area contributed by atoms with E-state index in [9.17, 15) is 0 Å². The molecule has 0 aliphatic rings. The van der Waals surface area contributed by atoms with Gasteiger partial charge in [0.1, 0.15) is 11.3 Å². The van der Waals surface area contributed by atoms with Crippen LogP contribution in [0.5, 0.6) is 0 Å². The summed E-state index contributed by atoms with van der Waals surface area (Å²) < 4.78 is 5.58. The molecule has 0 spiro atoms. The van der Waals surface area contributed by atoms with Crippen LogP contribution in [0.4, 0.5) is 0 Å². The average molecular weight is 497 g/mol. The summed E-state index contributed by atoms with van der Waals surface area (Å²) in [5, 5.41) is 7.56. The summed E-state index contributed by atoms with van der Waals surface area (Å²) in [6.07, 6.45) is 1.67. The number of hydrogen-bond donors (Lipinski definition) is 2. The number of hydrogen-bond acceptors (Lipinski definition) is 5. The fourth-order valence-corrected chi connectivity index (χ4v) is 3.26. The highest BCUT2D eigenvalue weighted by atomic mass is 127. The molecule has 3 aromatic rings. The maximum Gasteiger partial charge on any atom is 0.226 e. The summed E-state index contributed by atoms with van der Waals surface area (Å²) in [5.41, 5.74) is 4.09. The van der Waals surface area contributed by atoms with Gasteiger partial charge in [0.05, 0.1) is 24.5 Å². The van der Waals surface area contributed by atoms with Crippen LogP contribution in [0.3, 0.4) is 0 Å². The number of benzene rings is 1. The molecule has 0 aliphatic heterocycles. The van der Waals surface area contributed by atoms with Crippen molar-refractivity contribution in [3.05, 3.63) is 57.4 Å². The molecule has 0 bridgehead atoms. The van der Waals surface area contributed by atoms with Crippen LogP contribution in [0, 0.1) is 20.8 Å². The summed E-state index contributed by atoms with van der Waals surface area (Å²) in [6, 6.07) is 8.12. The molecule has 0 saturated carbocycles.